The van der Waals surface area contributed by atoms with E-state index in [0.29, 0.717) is 16.4 Å². The largest absolute Gasteiger partial charge is 0.378 e. The van der Waals surface area contributed by atoms with Crippen LogP contribution in [0.2, 0.25) is 0 Å². The van der Waals surface area contributed by atoms with Crippen LogP contribution in [0.4, 0.5) is 11.4 Å². The number of thioether (sulfide) groups is 1. The third kappa shape index (κ3) is 5.72. The molecule has 0 radical (unpaired) electrons. The molecule has 2 aromatic carbocycles. The summed E-state index contributed by atoms with van der Waals surface area (Å²) in [7, 11) is 6.86. The monoisotopic (exact) mass is 518 g/mol. The van der Waals surface area contributed by atoms with Gasteiger partial charge in [-0.15, -0.1) is 0 Å². The second-order valence-corrected chi connectivity index (χ2v) is 9.51. The zero-order valence-electron chi connectivity index (χ0n) is 20.8. The molecule has 0 aliphatic carbocycles. The standard InChI is InChI=1S/C26H26N6O4S/c1-30(2)19-12-5-16(6-13-19)7-14-20(33)17-8-10-18(11-9-17)27-21(34)15-37-25-28-22-23(29-25)31(3)26(36)32(4)24(22)35/h5-14H,15H2,1-4H3,(H,27,34)(H,28,29)/b14-7+. The normalized spacial score (nSPS) is 11.2. The zero-order valence-corrected chi connectivity index (χ0v) is 21.6. The van der Waals surface area contributed by atoms with Gasteiger partial charge in [-0.05, 0) is 48.0 Å². The number of benzene rings is 2. The second-order valence-electron chi connectivity index (χ2n) is 8.54. The Labute approximate surface area is 216 Å². The first-order valence-electron chi connectivity index (χ1n) is 11.3. The van der Waals surface area contributed by atoms with Crippen molar-refractivity contribution in [2.24, 2.45) is 14.1 Å². The Kier molecular flexibility index (Phi) is 7.44. The van der Waals surface area contributed by atoms with Crippen LogP contribution in [0, 0.1) is 0 Å². The van der Waals surface area contributed by atoms with E-state index in [1.54, 1.807) is 30.3 Å². The third-order valence-electron chi connectivity index (χ3n) is 5.70. The molecule has 0 saturated carbocycles. The number of carbonyl (C=O) groups is 2. The Morgan fingerprint density at radius 2 is 1.70 bits per heavy atom. The summed E-state index contributed by atoms with van der Waals surface area (Å²) in [5, 5.41) is 3.12. The van der Waals surface area contributed by atoms with Crippen LogP contribution in [0.1, 0.15) is 15.9 Å². The number of hydrogen-bond donors (Lipinski definition) is 2. The van der Waals surface area contributed by atoms with Crippen LogP contribution in [0.3, 0.4) is 0 Å². The number of nitrogens with one attached hydrogen (secondary N) is 2. The number of aryl methyl sites for hydroxylation is 1. The Bertz CT molecular complexity index is 1610. The van der Waals surface area contributed by atoms with Crippen molar-refractivity contribution >= 4 is 52.1 Å². The van der Waals surface area contributed by atoms with E-state index >= 15 is 0 Å². The number of carbonyl (C=O) groups excluding carboxylic acids is 2. The van der Waals surface area contributed by atoms with E-state index in [1.165, 1.54) is 24.7 Å². The molecule has 190 valence electrons. The molecular weight excluding hydrogens is 492 g/mol. The highest BCUT2D eigenvalue weighted by molar-refractivity contribution is 7.99. The fourth-order valence-corrected chi connectivity index (χ4v) is 4.24. The lowest BCUT2D eigenvalue weighted by atomic mass is 10.1. The first kappa shape index (κ1) is 25.7. The highest BCUT2D eigenvalue weighted by Crippen LogP contribution is 2.18. The van der Waals surface area contributed by atoms with Crippen LogP contribution in [-0.2, 0) is 18.9 Å². The minimum Gasteiger partial charge on any atom is -0.378 e. The Morgan fingerprint density at radius 1 is 1.03 bits per heavy atom. The van der Waals surface area contributed by atoms with Crippen LogP contribution in [-0.4, -0.2) is 50.6 Å². The summed E-state index contributed by atoms with van der Waals surface area (Å²) in [5.74, 6) is -0.396. The molecule has 2 heterocycles. The molecule has 37 heavy (non-hydrogen) atoms. The Morgan fingerprint density at radius 3 is 2.35 bits per heavy atom. The molecule has 1 amide bonds. The van der Waals surface area contributed by atoms with E-state index in [9.17, 15) is 19.2 Å². The maximum Gasteiger partial charge on any atom is 0.332 e. The molecule has 2 N–H and O–H groups in total. The maximum absolute atomic E-state index is 12.5. The highest BCUT2D eigenvalue weighted by atomic mass is 32.2. The van der Waals surface area contributed by atoms with Crippen molar-refractivity contribution in [3.63, 3.8) is 0 Å². The predicted molar refractivity (Wildman–Crippen MR) is 147 cm³/mol. The maximum atomic E-state index is 12.5. The Hall–Kier alpha value is -4.38. The number of H-pyrrole nitrogens is 1. The van der Waals surface area contributed by atoms with Gasteiger partial charge in [0.05, 0.1) is 5.75 Å². The van der Waals surface area contributed by atoms with Gasteiger partial charge in [0.2, 0.25) is 5.91 Å². The van der Waals surface area contributed by atoms with E-state index in [2.05, 4.69) is 15.3 Å². The van der Waals surface area contributed by atoms with E-state index in [4.69, 9.17) is 0 Å². The van der Waals surface area contributed by atoms with Gasteiger partial charge >= 0.3 is 5.69 Å². The molecule has 11 heteroatoms. The van der Waals surface area contributed by atoms with Gasteiger partial charge in [-0.3, -0.25) is 23.5 Å². The van der Waals surface area contributed by atoms with Crippen molar-refractivity contribution in [3.05, 3.63) is 86.6 Å². The summed E-state index contributed by atoms with van der Waals surface area (Å²) < 4.78 is 2.27. The quantitative estimate of drug-likeness (QED) is 0.209. The molecular formula is C26H26N6O4S. The minimum absolute atomic E-state index is 0.0319. The van der Waals surface area contributed by atoms with Gasteiger partial charge in [-0.1, -0.05) is 30.0 Å². The fraction of sp³-hybridized carbons (Fsp3) is 0.192. The molecule has 0 spiro atoms. The van der Waals surface area contributed by atoms with Gasteiger partial charge in [-0.25, -0.2) is 9.78 Å². The SMILES string of the molecule is CN(C)c1ccc(/C=C/C(=O)c2ccc(NC(=O)CSc3nc4c([nH]3)c(=O)n(C)c(=O)n4C)cc2)cc1. The molecule has 0 bridgehead atoms. The summed E-state index contributed by atoms with van der Waals surface area (Å²) in [4.78, 5) is 58.4. The van der Waals surface area contributed by atoms with Crippen LogP contribution in [0.25, 0.3) is 17.2 Å². The summed E-state index contributed by atoms with van der Waals surface area (Å²) >= 11 is 1.11. The number of ketones is 1. The summed E-state index contributed by atoms with van der Waals surface area (Å²) in [6.45, 7) is 0. The van der Waals surface area contributed by atoms with Crippen LogP contribution < -0.4 is 21.5 Å². The van der Waals surface area contributed by atoms with Crippen molar-refractivity contribution in [2.45, 2.75) is 5.16 Å². The first-order chi connectivity index (χ1) is 17.6. The number of hydrogen-bond acceptors (Lipinski definition) is 7. The number of anilines is 2. The molecule has 2 aromatic heterocycles. The van der Waals surface area contributed by atoms with Crippen LogP contribution in [0.5, 0.6) is 0 Å². The number of rotatable bonds is 8. The first-order valence-corrected chi connectivity index (χ1v) is 12.3. The van der Waals surface area contributed by atoms with Crippen molar-refractivity contribution in [2.75, 3.05) is 30.1 Å². The lowest BCUT2D eigenvalue weighted by Gasteiger charge is -2.11. The molecule has 0 saturated heterocycles. The van der Waals surface area contributed by atoms with Gasteiger partial charge in [0, 0.05) is 45.1 Å². The van der Waals surface area contributed by atoms with Crippen LogP contribution >= 0.6 is 11.8 Å². The minimum atomic E-state index is -0.478. The zero-order chi connectivity index (χ0) is 26.7. The number of allylic oxidation sites excluding steroid dienone is 1. The molecule has 0 atom stereocenters. The number of aromatic amines is 1. The molecule has 0 unspecified atom stereocenters. The molecule has 10 nitrogen and oxygen atoms in total. The number of nitrogens with zero attached hydrogens (tertiary/aromatic N) is 4. The topological polar surface area (TPSA) is 122 Å². The van der Waals surface area contributed by atoms with Gasteiger partial charge in [0.1, 0.15) is 0 Å². The molecule has 4 rings (SSSR count). The van der Waals surface area contributed by atoms with E-state index in [1.807, 2.05) is 43.3 Å². The number of imidazole rings is 1. The molecule has 0 aliphatic rings. The van der Waals surface area contributed by atoms with Crippen LogP contribution in [0.15, 0.2) is 69.4 Å². The van der Waals surface area contributed by atoms with E-state index in [0.717, 1.165) is 27.6 Å². The smallest absolute Gasteiger partial charge is 0.332 e. The Balaban J connectivity index is 1.34. The summed E-state index contributed by atoms with van der Waals surface area (Å²) in [5.41, 5.74) is 2.53. The third-order valence-corrected chi connectivity index (χ3v) is 6.58. The number of amides is 1. The summed E-state index contributed by atoms with van der Waals surface area (Å²) in [6, 6.07) is 14.5. The van der Waals surface area contributed by atoms with Gasteiger partial charge in [0.15, 0.2) is 22.1 Å². The van der Waals surface area contributed by atoms with Gasteiger partial charge in [0.25, 0.3) is 5.56 Å². The molecule has 0 aliphatic heterocycles. The fourth-order valence-electron chi connectivity index (χ4n) is 3.57. The van der Waals surface area contributed by atoms with Crippen molar-refractivity contribution < 1.29 is 9.59 Å². The van der Waals surface area contributed by atoms with Crippen molar-refractivity contribution in [1.29, 1.82) is 0 Å². The van der Waals surface area contributed by atoms with E-state index < -0.39 is 11.2 Å². The average Bonchev–Trinajstić information content (AvgIpc) is 3.33. The predicted octanol–water partition coefficient (Wildman–Crippen LogP) is 2.65. The van der Waals surface area contributed by atoms with Gasteiger partial charge < -0.3 is 15.2 Å². The van der Waals surface area contributed by atoms with E-state index in [-0.39, 0.29) is 28.6 Å². The van der Waals surface area contributed by atoms with Crippen molar-refractivity contribution in [1.82, 2.24) is 19.1 Å². The second kappa shape index (κ2) is 10.7. The highest BCUT2D eigenvalue weighted by Gasteiger charge is 2.14. The molecule has 4 aromatic rings. The number of fused-ring (bicyclic) bond motifs is 1. The van der Waals surface area contributed by atoms with Crippen molar-refractivity contribution in [3.8, 4) is 0 Å². The average molecular weight is 519 g/mol. The lowest BCUT2D eigenvalue weighted by molar-refractivity contribution is -0.113. The number of aromatic nitrogens is 4. The molecule has 0 fully saturated rings. The summed E-state index contributed by atoms with van der Waals surface area (Å²) in [6.07, 6.45) is 3.28. The lowest BCUT2D eigenvalue weighted by Crippen LogP contribution is -2.36. The van der Waals surface area contributed by atoms with Gasteiger partial charge in [-0.2, -0.15) is 0 Å².